The summed E-state index contributed by atoms with van der Waals surface area (Å²) < 4.78 is 45.1. The van der Waals surface area contributed by atoms with Crippen molar-refractivity contribution in [1.29, 1.82) is 10.5 Å². The van der Waals surface area contributed by atoms with Crippen molar-refractivity contribution in [2.45, 2.75) is 25.2 Å². The van der Waals surface area contributed by atoms with Crippen molar-refractivity contribution in [3.63, 3.8) is 0 Å². The zero-order valence-corrected chi connectivity index (χ0v) is 15.5. The van der Waals surface area contributed by atoms with Gasteiger partial charge >= 0.3 is 6.18 Å². The van der Waals surface area contributed by atoms with Crippen LogP contribution < -0.4 is 5.32 Å². The van der Waals surface area contributed by atoms with Gasteiger partial charge in [0.1, 0.15) is 6.04 Å². The van der Waals surface area contributed by atoms with Gasteiger partial charge in [-0.15, -0.1) is 10.2 Å². The number of nitrogens with one attached hydrogen (secondary N) is 1. The van der Waals surface area contributed by atoms with Crippen LogP contribution in [0.3, 0.4) is 0 Å². The predicted molar refractivity (Wildman–Crippen MR) is 98.7 cm³/mol. The molecule has 2 N–H and O–H groups in total. The number of halogens is 3. The number of nitriles is 2. The minimum Gasteiger partial charge on any atom is -0.418 e. The van der Waals surface area contributed by atoms with Gasteiger partial charge in [-0.2, -0.15) is 23.7 Å². The van der Waals surface area contributed by atoms with Gasteiger partial charge in [0.2, 0.25) is 11.8 Å². The summed E-state index contributed by atoms with van der Waals surface area (Å²) in [5.41, 5.74) is -0.603. The molecular formula is C20H14F3N5O2. The molecule has 0 spiro atoms. The summed E-state index contributed by atoms with van der Waals surface area (Å²) in [5.74, 6) is 0.0834. The summed E-state index contributed by atoms with van der Waals surface area (Å²) in [7, 11) is 0. The molecule has 2 atom stereocenters. The van der Waals surface area contributed by atoms with Crippen molar-refractivity contribution in [1.82, 2.24) is 10.2 Å². The maximum atomic E-state index is 13.2. The van der Waals surface area contributed by atoms with Crippen molar-refractivity contribution >= 4 is 5.69 Å². The number of hydrogen-bond donors (Lipinski definition) is 2. The number of rotatable bonds is 5. The van der Waals surface area contributed by atoms with Crippen molar-refractivity contribution in [3.05, 3.63) is 65.0 Å². The van der Waals surface area contributed by atoms with Crippen molar-refractivity contribution in [2.24, 2.45) is 0 Å². The molecule has 0 aliphatic carbocycles. The Bertz CT molecular complexity index is 1130. The highest BCUT2D eigenvalue weighted by molar-refractivity contribution is 5.55. The number of hydrogen-bond acceptors (Lipinski definition) is 7. The van der Waals surface area contributed by atoms with Gasteiger partial charge in [-0.25, -0.2) is 0 Å². The monoisotopic (exact) mass is 413 g/mol. The summed E-state index contributed by atoms with van der Waals surface area (Å²) in [5, 5.41) is 38.4. The zero-order valence-electron chi connectivity index (χ0n) is 15.5. The third-order valence-corrected chi connectivity index (χ3v) is 4.22. The molecule has 3 rings (SSSR count). The van der Waals surface area contributed by atoms with Crippen LogP contribution >= 0.6 is 0 Å². The molecule has 2 aromatic carbocycles. The Labute approximate surface area is 169 Å². The van der Waals surface area contributed by atoms with Crippen LogP contribution in [0.1, 0.15) is 35.5 Å². The van der Waals surface area contributed by atoms with Crippen LogP contribution in [0.2, 0.25) is 0 Å². The Kier molecular flexibility index (Phi) is 5.72. The molecule has 0 aliphatic rings. The third-order valence-electron chi connectivity index (χ3n) is 4.22. The quantitative estimate of drug-likeness (QED) is 0.648. The lowest BCUT2D eigenvalue weighted by Gasteiger charge is -2.20. The molecule has 10 heteroatoms. The summed E-state index contributed by atoms with van der Waals surface area (Å²) in [6.07, 6.45) is -5.81. The molecule has 0 saturated carbocycles. The minimum atomic E-state index is -4.71. The van der Waals surface area contributed by atoms with Crippen LogP contribution in [0.4, 0.5) is 18.9 Å². The second-order valence-electron chi connectivity index (χ2n) is 6.37. The van der Waals surface area contributed by atoms with Gasteiger partial charge in [0.15, 0.2) is 0 Å². The van der Waals surface area contributed by atoms with E-state index in [2.05, 4.69) is 15.5 Å². The predicted octanol–water partition coefficient (Wildman–Crippen LogP) is 4.03. The van der Waals surface area contributed by atoms with Gasteiger partial charge in [-0.05, 0) is 49.4 Å². The zero-order chi connectivity index (χ0) is 21.9. The maximum absolute atomic E-state index is 13.2. The highest BCUT2D eigenvalue weighted by atomic mass is 19.4. The minimum absolute atomic E-state index is 0.0188. The fourth-order valence-electron chi connectivity index (χ4n) is 2.70. The van der Waals surface area contributed by atoms with E-state index >= 15 is 0 Å². The summed E-state index contributed by atoms with van der Waals surface area (Å²) in [6.45, 7) is 1.41. The van der Waals surface area contributed by atoms with Gasteiger partial charge in [0.25, 0.3) is 0 Å². The molecule has 30 heavy (non-hydrogen) atoms. The standard InChI is InChI=1S/C20H14F3N5O2/c1-11(29)17(26-15-7-6-14(10-25)16(8-15)20(21,22)23)19-28-27-18(30-19)13-4-2-12(9-24)3-5-13/h2-8,11,17,26,29H,1H3/t11-,17+/m0/s1. The first-order valence-corrected chi connectivity index (χ1v) is 8.63. The SMILES string of the molecule is C[C@H](O)[C@@H](Nc1ccc(C#N)c(C(F)(F)F)c1)c1nnc(-c2ccc(C#N)cc2)o1. The van der Waals surface area contributed by atoms with Crippen LogP contribution in [-0.4, -0.2) is 21.4 Å². The normalized spacial score (nSPS) is 13.2. The molecule has 0 fully saturated rings. The molecule has 152 valence electrons. The molecule has 0 radical (unpaired) electrons. The van der Waals surface area contributed by atoms with Gasteiger partial charge in [-0.1, -0.05) is 0 Å². The fraction of sp³-hybridized carbons (Fsp3) is 0.200. The number of anilines is 1. The van der Waals surface area contributed by atoms with Gasteiger partial charge in [0.05, 0.1) is 34.9 Å². The summed E-state index contributed by atoms with van der Waals surface area (Å²) in [4.78, 5) is 0. The van der Waals surface area contributed by atoms with Gasteiger partial charge < -0.3 is 14.8 Å². The second kappa shape index (κ2) is 8.23. The van der Waals surface area contributed by atoms with E-state index in [0.29, 0.717) is 11.1 Å². The van der Waals surface area contributed by atoms with Crippen LogP contribution in [0, 0.1) is 22.7 Å². The first-order valence-electron chi connectivity index (χ1n) is 8.63. The van der Waals surface area contributed by atoms with Gasteiger partial charge in [0, 0.05) is 11.3 Å². The Morgan fingerprint density at radius 2 is 1.77 bits per heavy atom. The maximum Gasteiger partial charge on any atom is 0.417 e. The topological polar surface area (TPSA) is 119 Å². The van der Waals surface area contributed by atoms with E-state index in [1.165, 1.54) is 19.1 Å². The number of aliphatic hydroxyl groups is 1. The molecule has 0 aliphatic heterocycles. The first-order chi connectivity index (χ1) is 14.2. The average molecular weight is 413 g/mol. The Hall–Kier alpha value is -3.89. The molecule has 0 saturated heterocycles. The molecule has 1 heterocycles. The number of alkyl halides is 3. The van der Waals surface area contributed by atoms with Crippen molar-refractivity contribution in [2.75, 3.05) is 5.32 Å². The number of benzene rings is 2. The van der Waals surface area contributed by atoms with Crippen LogP contribution in [-0.2, 0) is 6.18 Å². The lowest BCUT2D eigenvalue weighted by Crippen LogP contribution is -2.23. The van der Waals surface area contributed by atoms with E-state index in [0.717, 1.165) is 12.1 Å². The van der Waals surface area contributed by atoms with Gasteiger partial charge in [-0.3, -0.25) is 0 Å². The smallest absolute Gasteiger partial charge is 0.417 e. The second-order valence-corrected chi connectivity index (χ2v) is 6.37. The fourth-order valence-corrected chi connectivity index (χ4v) is 2.70. The third kappa shape index (κ3) is 4.40. The van der Waals surface area contributed by atoms with E-state index in [9.17, 15) is 18.3 Å². The average Bonchev–Trinajstić information content (AvgIpc) is 3.20. The van der Waals surface area contributed by atoms with E-state index in [1.54, 1.807) is 24.3 Å². The highest BCUT2D eigenvalue weighted by Gasteiger charge is 2.34. The van der Waals surface area contributed by atoms with Crippen LogP contribution in [0.25, 0.3) is 11.5 Å². The molecule has 3 aromatic rings. The van der Waals surface area contributed by atoms with Crippen molar-refractivity contribution < 1.29 is 22.7 Å². The Morgan fingerprint density at radius 1 is 1.07 bits per heavy atom. The van der Waals surface area contributed by atoms with E-state index in [-0.39, 0.29) is 17.5 Å². The Morgan fingerprint density at radius 3 is 2.33 bits per heavy atom. The number of nitrogens with zero attached hydrogens (tertiary/aromatic N) is 4. The Balaban J connectivity index is 1.90. The largest absolute Gasteiger partial charge is 0.418 e. The van der Waals surface area contributed by atoms with E-state index in [1.807, 2.05) is 6.07 Å². The molecule has 0 unspecified atom stereocenters. The lowest BCUT2D eigenvalue weighted by atomic mass is 10.1. The van der Waals surface area contributed by atoms with Crippen LogP contribution in [0.15, 0.2) is 46.9 Å². The molecule has 0 amide bonds. The lowest BCUT2D eigenvalue weighted by molar-refractivity contribution is -0.137. The van der Waals surface area contributed by atoms with Crippen LogP contribution in [0.5, 0.6) is 0 Å². The van der Waals surface area contributed by atoms with Crippen molar-refractivity contribution in [3.8, 4) is 23.6 Å². The summed E-state index contributed by atoms with van der Waals surface area (Å²) in [6, 6.07) is 12.0. The van der Waals surface area contributed by atoms with E-state index in [4.69, 9.17) is 14.9 Å². The highest BCUT2D eigenvalue weighted by Crippen LogP contribution is 2.34. The molecule has 7 nitrogen and oxygen atoms in total. The number of aliphatic hydroxyl groups excluding tert-OH is 1. The molecular weight excluding hydrogens is 399 g/mol. The molecule has 1 aromatic heterocycles. The first kappa shape index (κ1) is 20.8. The molecule has 0 bridgehead atoms. The number of aromatic nitrogens is 2. The summed E-state index contributed by atoms with van der Waals surface area (Å²) >= 11 is 0. The van der Waals surface area contributed by atoms with E-state index < -0.39 is 29.4 Å².